The van der Waals surface area contributed by atoms with Crippen LogP contribution in [0.5, 0.6) is 0 Å². The number of aryl methyl sites for hydroxylation is 1. The number of aromatic nitrogens is 1. The van der Waals surface area contributed by atoms with Gasteiger partial charge in [-0.3, -0.25) is 24.2 Å². The van der Waals surface area contributed by atoms with Crippen LogP contribution in [0, 0.1) is 0 Å². The number of Topliss-reactive ketones (excluding diaryl/α,β-unsaturated/α-hetero) is 1. The van der Waals surface area contributed by atoms with E-state index >= 15 is 0 Å². The van der Waals surface area contributed by atoms with Crippen LogP contribution < -0.4 is 21.3 Å². The summed E-state index contributed by atoms with van der Waals surface area (Å²) in [6.45, 7) is 3.18. The number of carbonyl (C=O) groups excluding carboxylic acids is 4. The Morgan fingerprint density at radius 3 is 2.74 bits per heavy atom. The summed E-state index contributed by atoms with van der Waals surface area (Å²) in [5.74, 6) is -1.01. The Morgan fingerprint density at radius 2 is 2.06 bits per heavy atom. The molecular formula is C24H30N6O4S. The predicted molar refractivity (Wildman–Crippen MR) is 134 cm³/mol. The highest BCUT2D eigenvalue weighted by molar-refractivity contribution is 7.11. The van der Waals surface area contributed by atoms with Gasteiger partial charge in [-0.15, -0.1) is 11.3 Å². The van der Waals surface area contributed by atoms with Crippen LogP contribution in [0.1, 0.15) is 48.5 Å². The molecule has 186 valence electrons. The van der Waals surface area contributed by atoms with Gasteiger partial charge in [-0.25, -0.2) is 4.98 Å². The van der Waals surface area contributed by atoms with Crippen LogP contribution in [-0.2, 0) is 20.8 Å². The number of hydrogen-bond donors (Lipinski definition) is 3. The average Bonchev–Trinajstić information content (AvgIpc) is 3.32. The van der Waals surface area contributed by atoms with Crippen molar-refractivity contribution in [1.82, 2.24) is 15.6 Å². The van der Waals surface area contributed by atoms with Gasteiger partial charge in [0.15, 0.2) is 5.01 Å². The third kappa shape index (κ3) is 7.19. The Kier molecular flexibility index (Phi) is 9.07. The monoisotopic (exact) mass is 498 g/mol. The first-order chi connectivity index (χ1) is 16.8. The maximum Gasteiger partial charge on any atom is 0.250 e. The Hall–Kier alpha value is -3.60. The molecule has 2 aromatic rings. The fourth-order valence-electron chi connectivity index (χ4n) is 3.96. The summed E-state index contributed by atoms with van der Waals surface area (Å²) >= 11 is 1.20. The molecule has 4 N–H and O–H groups in total. The molecule has 1 unspecified atom stereocenters. The van der Waals surface area contributed by atoms with E-state index in [1.54, 1.807) is 24.4 Å². The number of benzene rings is 1. The van der Waals surface area contributed by atoms with E-state index in [0.29, 0.717) is 48.8 Å². The number of rotatable bonds is 10. The van der Waals surface area contributed by atoms with Crippen molar-refractivity contribution in [2.75, 3.05) is 18.0 Å². The molecule has 1 aliphatic heterocycles. The third-order valence-corrected chi connectivity index (χ3v) is 6.32. The standard InChI is InChI=1S/C24H30N6O4S/c1-15(25)26-11-5-7-18(22(33)23-27-12-13-35-23)29-21(32)14-30-20-8-4-3-6-17(20)9-10-19(24(30)34)28-16(2)31/h3-4,6,8,12-13,18-19H,5,7,9-11,14H2,1-2H3,(H2,25,26)(H,28,31)(H,29,32)/t18-,19?/m0/s1. The van der Waals surface area contributed by atoms with Gasteiger partial charge < -0.3 is 21.3 Å². The van der Waals surface area contributed by atoms with Crippen molar-refractivity contribution in [2.24, 2.45) is 10.7 Å². The Balaban J connectivity index is 1.78. The first kappa shape index (κ1) is 26.0. The summed E-state index contributed by atoms with van der Waals surface area (Å²) in [6.07, 6.45) is 3.43. The number of amides is 3. The molecule has 1 aromatic carbocycles. The van der Waals surface area contributed by atoms with Gasteiger partial charge >= 0.3 is 0 Å². The first-order valence-corrected chi connectivity index (χ1v) is 12.3. The zero-order chi connectivity index (χ0) is 25.4. The molecule has 2 atom stereocenters. The number of hydrogen-bond acceptors (Lipinski definition) is 7. The number of nitrogens with one attached hydrogen (secondary N) is 2. The topological polar surface area (TPSA) is 147 Å². The summed E-state index contributed by atoms with van der Waals surface area (Å²) in [4.78, 5) is 60.7. The molecule has 11 heteroatoms. The number of anilines is 1. The summed E-state index contributed by atoms with van der Waals surface area (Å²) in [5, 5.41) is 7.47. The van der Waals surface area contributed by atoms with Crippen molar-refractivity contribution in [2.45, 2.75) is 51.6 Å². The third-order valence-electron chi connectivity index (χ3n) is 5.54. The van der Waals surface area contributed by atoms with E-state index in [4.69, 9.17) is 5.73 Å². The Labute approximate surface area is 208 Å². The molecule has 3 rings (SSSR count). The summed E-state index contributed by atoms with van der Waals surface area (Å²) < 4.78 is 0. The number of carbonyl (C=O) groups is 4. The van der Waals surface area contributed by atoms with Crippen molar-refractivity contribution in [1.29, 1.82) is 0 Å². The van der Waals surface area contributed by atoms with Crippen molar-refractivity contribution in [3.63, 3.8) is 0 Å². The Morgan fingerprint density at radius 1 is 1.29 bits per heavy atom. The van der Waals surface area contributed by atoms with E-state index in [1.165, 1.54) is 29.4 Å². The van der Waals surface area contributed by atoms with Gasteiger partial charge in [0.25, 0.3) is 0 Å². The first-order valence-electron chi connectivity index (χ1n) is 11.4. The predicted octanol–water partition coefficient (Wildman–Crippen LogP) is 1.45. The highest BCUT2D eigenvalue weighted by atomic mass is 32.1. The molecule has 0 saturated carbocycles. The molecule has 0 radical (unpaired) electrons. The number of nitrogens with zero attached hydrogens (tertiary/aromatic N) is 3. The lowest BCUT2D eigenvalue weighted by atomic mass is 10.1. The summed E-state index contributed by atoms with van der Waals surface area (Å²) in [6, 6.07) is 5.79. The number of ketones is 1. The number of thiazole rings is 1. The molecule has 2 heterocycles. The number of aliphatic imine (C=N–C) groups is 1. The smallest absolute Gasteiger partial charge is 0.250 e. The zero-order valence-corrected chi connectivity index (χ0v) is 20.6. The average molecular weight is 499 g/mol. The second kappa shape index (κ2) is 12.2. The van der Waals surface area contributed by atoms with E-state index < -0.39 is 18.0 Å². The van der Waals surface area contributed by atoms with Gasteiger partial charge in [0, 0.05) is 30.7 Å². The highest BCUT2D eigenvalue weighted by Gasteiger charge is 2.33. The van der Waals surface area contributed by atoms with Crippen molar-refractivity contribution >= 4 is 46.4 Å². The van der Waals surface area contributed by atoms with E-state index in [1.807, 2.05) is 12.1 Å². The quantitative estimate of drug-likeness (QED) is 0.196. The van der Waals surface area contributed by atoms with Gasteiger partial charge in [-0.05, 0) is 44.2 Å². The van der Waals surface area contributed by atoms with Crippen LogP contribution in [0.4, 0.5) is 5.69 Å². The van der Waals surface area contributed by atoms with Crippen LogP contribution in [0.3, 0.4) is 0 Å². The second-order valence-corrected chi connectivity index (χ2v) is 9.23. The van der Waals surface area contributed by atoms with Crippen molar-refractivity contribution < 1.29 is 19.2 Å². The second-order valence-electron chi connectivity index (χ2n) is 8.33. The van der Waals surface area contributed by atoms with Gasteiger partial charge in [-0.1, -0.05) is 18.2 Å². The SMILES string of the molecule is CC(=O)NC1CCc2ccccc2N(CC(=O)N[C@@H](CCCN=C(C)N)C(=O)c2nccs2)C1=O. The molecule has 0 fully saturated rings. The maximum atomic E-state index is 13.3. The van der Waals surface area contributed by atoms with Crippen LogP contribution in [0.15, 0.2) is 40.8 Å². The largest absolute Gasteiger partial charge is 0.388 e. The molecule has 0 saturated heterocycles. The number of amidine groups is 1. The van der Waals surface area contributed by atoms with E-state index in [0.717, 1.165) is 5.56 Å². The van der Waals surface area contributed by atoms with Gasteiger partial charge in [0.1, 0.15) is 12.6 Å². The number of nitrogens with two attached hydrogens (primary N) is 1. The fourth-order valence-corrected chi connectivity index (χ4v) is 4.59. The van der Waals surface area contributed by atoms with E-state index in [-0.39, 0.29) is 24.1 Å². The lowest BCUT2D eigenvalue weighted by molar-refractivity contribution is -0.127. The van der Waals surface area contributed by atoms with Gasteiger partial charge in [-0.2, -0.15) is 0 Å². The summed E-state index contributed by atoms with van der Waals surface area (Å²) in [7, 11) is 0. The fraction of sp³-hybridized carbons (Fsp3) is 0.417. The maximum absolute atomic E-state index is 13.3. The molecule has 1 aromatic heterocycles. The van der Waals surface area contributed by atoms with Crippen LogP contribution in [0.25, 0.3) is 0 Å². The molecule has 3 amide bonds. The van der Waals surface area contributed by atoms with Crippen LogP contribution in [0.2, 0.25) is 0 Å². The zero-order valence-electron chi connectivity index (χ0n) is 19.8. The molecule has 0 spiro atoms. The van der Waals surface area contributed by atoms with E-state index in [9.17, 15) is 19.2 Å². The van der Waals surface area contributed by atoms with Crippen LogP contribution in [-0.4, -0.2) is 59.5 Å². The molecule has 0 aliphatic carbocycles. The molecule has 1 aliphatic rings. The number of para-hydroxylation sites is 1. The Bertz CT molecular complexity index is 1100. The van der Waals surface area contributed by atoms with Gasteiger partial charge in [0.2, 0.25) is 23.5 Å². The molecule has 10 nitrogen and oxygen atoms in total. The lowest BCUT2D eigenvalue weighted by Gasteiger charge is -2.26. The lowest BCUT2D eigenvalue weighted by Crippen LogP contribution is -2.52. The molecule has 35 heavy (non-hydrogen) atoms. The highest BCUT2D eigenvalue weighted by Crippen LogP contribution is 2.27. The van der Waals surface area contributed by atoms with Crippen molar-refractivity contribution in [3.05, 3.63) is 46.4 Å². The minimum Gasteiger partial charge on any atom is -0.388 e. The normalized spacial score (nSPS) is 16.7. The summed E-state index contributed by atoms with van der Waals surface area (Å²) in [5.41, 5.74) is 7.11. The van der Waals surface area contributed by atoms with E-state index in [2.05, 4.69) is 20.6 Å². The van der Waals surface area contributed by atoms with Crippen LogP contribution >= 0.6 is 11.3 Å². The van der Waals surface area contributed by atoms with Gasteiger partial charge in [0.05, 0.1) is 11.9 Å². The molecule has 0 bridgehead atoms. The molecular weight excluding hydrogens is 468 g/mol. The minimum absolute atomic E-state index is 0.284. The number of fused-ring (bicyclic) bond motifs is 1. The van der Waals surface area contributed by atoms with Crippen molar-refractivity contribution in [3.8, 4) is 0 Å². The minimum atomic E-state index is -0.814.